The summed E-state index contributed by atoms with van der Waals surface area (Å²) in [5, 5.41) is 2.51. The molecule has 0 saturated heterocycles. The summed E-state index contributed by atoms with van der Waals surface area (Å²) in [6.07, 6.45) is 0. The molecule has 0 N–H and O–H groups in total. The van der Waals surface area contributed by atoms with E-state index in [4.69, 9.17) is 15.0 Å². The average molecular weight is 667 g/mol. The third kappa shape index (κ3) is 4.79. The Kier molecular flexibility index (Phi) is 6.80. The SMILES string of the molecule is CC1(C)c2cc(-c3ccc4c(c3)c3ccccc3n4-c3ccccc3)ccc2-c2ccc(-c3nc(-c4ccccc4)nc(-c4ccccc4)n3)cc21. The van der Waals surface area contributed by atoms with Gasteiger partial charge in [-0.05, 0) is 75.8 Å². The van der Waals surface area contributed by atoms with Crippen molar-refractivity contribution >= 4 is 21.8 Å². The van der Waals surface area contributed by atoms with E-state index in [1.54, 1.807) is 0 Å². The van der Waals surface area contributed by atoms with Crippen LogP contribution in [0.5, 0.6) is 0 Å². The second-order valence-corrected chi connectivity index (χ2v) is 14.1. The Morgan fingerprint density at radius 1 is 0.385 bits per heavy atom. The van der Waals surface area contributed by atoms with E-state index in [1.807, 2.05) is 60.7 Å². The molecule has 0 amide bonds. The molecule has 4 nitrogen and oxygen atoms in total. The van der Waals surface area contributed by atoms with E-state index in [-0.39, 0.29) is 5.41 Å². The molecule has 4 heteroatoms. The number of rotatable bonds is 5. The fourth-order valence-corrected chi connectivity index (χ4v) is 8.00. The van der Waals surface area contributed by atoms with E-state index < -0.39 is 0 Å². The van der Waals surface area contributed by atoms with E-state index in [0.29, 0.717) is 17.5 Å². The Bertz CT molecular complexity index is 2740. The van der Waals surface area contributed by atoms with E-state index in [0.717, 1.165) is 16.7 Å². The second-order valence-electron chi connectivity index (χ2n) is 14.1. The highest BCUT2D eigenvalue weighted by Crippen LogP contribution is 2.51. The van der Waals surface area contributed by atoms with Crippen molar-refractivity contribution in [3.63, 3.8) is 0 Å². The highest BCUT2D eigenvalue weighted by atomic mass is 15.0. The van der Waals surface area contributed by atoms with Crippen molar-refractivity contribution in [1.82, 2.24) is 19.5 Å². The minimum Gasteiger partial charge on any atom is -0.309 e. The first-order valence-corrected chi connectivity index (χ1v) is 17.8. The quantitative estimate of drug-likeness (QED) is 0.184. The average Bonchev–Trinajstić information content (AvgIpc) is 3.66. The zero-order chi connectivity index (χ0) is 34.8. The lowest BCUT2D eigenvalue weighted by Gasteiger charge is -2.22. The molecular formula is C48H34N4. The Hall–Kier alpha value is -6.65. The van der Waals surface area contributed by atoms with E-state index in [2.05, 4.69) is 128 Å². The number of fused-ring (bicyclic) bond motifs is 6. The van der Waals surface area contributed by atoms with Crippen LogP contribution in [0.2, 0.25) is 0 Å². The lowest BCUT2D eigenvalue weighted by molar-refractivity contribution is 0.661. The smallest absolute Gasteiger partial charge is 0.164 e. The molecule has 246 valence electrons. The molecule has 0 bridgehead atoms. The number of hydrogen-bond acceptors (Lipinski definition) is 3. The molecule has 10 rings (SSSR count). The summed E-state index contributed by atoms with van der Waals surface area (Å²) in [5.41, 5.74) is 13.9. The molecule has 0 saturated carbocycles. The maximum atomic E-state index is 5.02. The molecule has 0 fully saturated rings. The van der Waals surface area contributed by atoms with E-state index >= 15 is 0 Å². The van der Waals surface area contributed by atoms with Gasteiger partial charge in [0, 0.05) is 38.6 Å². The van der Waals surface area contributed by atoms with Gasteiger partial charge in [0.2, 0.25) is 0 Å². The van der Waals surface area contributed by atoms with Crippen LogP contribution >= 0.6 is 0 Å². The lowest BCUT2D eigenvalue weighted by atomic mass is 9.81. The first-order valence-electron chi connectivity index (χ1n) is 17.8. The topological polar surface area (TPSA) is 43.6 Å². The van der Waals surface area contributed by atoms with Crippen molar-refractivity contribution < 1.29 is 0 Å². The zero-order valence-electron chi connectivity index (χ0n) is 29.0. The molecule has 0 atom stereocenters. The second kappa shape index (κ2) is 11.7. The van der Waals surface area contributed by atoms with Crippen molar-refractivity contribution in [3.05, 3.63) is 181 Å². The first kappa shape index (κ1) is 30.2. The summed E-state index contributed by atoms with van der Waals surface area (Å²) in [5.74, 6) is 2.01. The number of benzene rings is 7. The van der Waals surface area contributed by atoms with Gasteiger partial charge in [-0.25, -0.2) is 15.0 Å². The maximum Gasteiger partial charge on any atom is 0.164 e. The van der Waals surface area contributed by atoms with Gasteiger partial charge in [0.15, 0.2) is 17.5 Å². The Morgan fingerprint density at radius 3 is 1.48 bits per heavy atom. The fraction of sp³-hybridized carbons (Fsp3) is 0.0625. The summed E-state index contributed by atoms with van der Waals surface area (Å²) < 4.78 is 2.37. The van der Waals surface area contributed by atoms with Gasteiger partial charge < -0.3 is 4.57 Å². The van der Waals surface area contributed by atoms with Crippen molar-refractivity contribution in [3.8, 4) is 62.1 Å². The van der Waals surface area contributed by atoms with Crippen LogP contribution in [-0.2, 0) is 5.41 Å². The predicted molar refractivity (Wildman–Crippen MR) is 213 cm³/mol. The summed E-state index contributed by atoms with van der Waals surface area (Å²) >= 11 is 0. The van der Waals surface area contributed by atoms with Crippen LogP contribution in [0, 0.1) is 0 Å². The number of para-hydroxylation sites is 2. The maximum absolute atomic E-state index is 5.02. The number of aromatic nitrogens is 4. The molecule has 0 radical (unpaired) electrons. The molecule has 2 aromatic heterocycles. The Morgan fingerprint density at radius 2 is 0.846 bits per heavy atom. The largest absolute Gasteiger partial charge is 0.309 e. The molecular weight excluding hydrogens is 633 g/mol. The van der Waals surface area contributed by atoms with Crippen LogP contribution in [0.25, 0.3) is 83.9 Å². The van der Waals surface area contributed by atoms with Gasteiger partial charge in [-0.15, -0.1) is 0 Å². The molecule has 52 heavy (non-hydrogen) atoms. The molecule has 0 spiro atoms. The van der Waals surface area contributed by atoms with Gasteiger partial charge >= 0.3 is 0 Å². The van der Waals surface area contributed by atoms with Gasteiger partial charge in [0.25, 0.3) is 0 Å². The minimum atomic E-state index is -0.221. The fourth-order valence-electron chi connectivity index (χ4n) is 8.00. The van der Waals surface area contributed by atoms with Crippen LogP contribution in [-0.4, -0.2) is 19.5 Å². The van der Waals surface area contributed by atoms with E-state index in [9.17, 15) is 0 Å². The van der Waals surface area contributed by atoms with Gasteiger partial charge in [-0.2, -0.15) is 0 Å². The summed E-state index contributed by atoms with van der Waals surface area (Å²) in [7, 11) is 0. The van der Waals surface area contributed by atoms with Crippen LogP contribution in [0.4, 0.5) is 0 Å². The third-order valence-electron chi connectivity index (χ3n) is 10.7. The molecule has 0 aliphatic heterocycles. The zero-order valence-corrected chi connectivity index (χ0v) is 29.0. The van der Waals surface area contributed by atoms with Crippen molar-refractivity contribution in [2.45, 2.75) is 19.3 Å². The monoisotopic (exact) mass is 666 g/mol. The van der Waals surface area contributed by atoms with Crippen molar-refractivity contribution in [2.75, 3.05) is 0 Å². The Balaban J connectivity index is 1.06. The van der Waals surface area contributed by atoms with E-state index in [1.165, 1.54) is 60.9 Å². The highest BCUT2D eigenvalue weighted by molar-refractivity contribution is 6.10. The highest BCUT2D eigenvalue weighted by Gasteiger charge is 2.36. The van der Waals surface area contributed by atoms with Crippen LogP contribution in [0.3, 0.4) is 0 Å². The van der Waals surface area contributed by atoms with Crippen LogP contribution in [0.1, 0.15) is 25.0 Å². The first-order chi connectivity index (χ1) is 25.5. The van der Waals surface area contributed by atoms with Gasteiger partial charge in [0.1, 0.15) is 0 Å². The summed E-state index contributed by atoms with van der Waals surface area (Å²) in [6.45, 7) is 4.67. The standard InChI is InChI=1S/C48H34N4/c1-48(2)41-29-34(33-24-27-44-40(28-33)39-20-12-13-21-43(39)52(44)36-18-10-5-11-19-36)22-25-37(41)38-26-23-35(30-42(38)48)47-50-45(31-14-6-3-7-15-31)49-46(51-47)32-16-8-4-9-17-32/h3-30H,1-2H3. The molecule has 7 aromatic carbocycles. The van der Waals surface area contributed by atoms with Gasteiger partial charge in [0.05, 0.1) is 11.0 Å². The molecule has 1 aliphatic rings. The lowest BCUT2D eigenvalue weighted by Crippen LogP contribution is -2.15. The normalized spacial score (nSPS) is 13.0. The Labute approximate surface area is 302 Å². The molecule has 2 heterocycles. The van der Waals surface area contributed by atoms with Crippen molar-refractivity contribution in [1.29, 1.82) is 0 Å². The predicted octanol–water partition coefficient (Wildman–Crippen LogP) is 11.9. The van der Waals surface area contributed by atoms with Crippen LogP contribution in [0.15, 0.2) is 170 Å². The van der Waals surface area contributed by atoms with Gasteiger partial charge in [-0.1, -0.05) is 141 Å². The number of nitrogens with zero attached hydrogens (tertiary/aromatic N) is 4. The summed E-state index contributed by atoms with van der Waals surface area (Å²) in [6, 6.07) is 60.2. The number of hydrogen-bond donors (Lipinski definition) is 0. The molecule has 0 unspecified atom stereocenters. The van der Waals surface area contributed by atoms with Crippen molar-refractivity contribution in [2.24, 2.45) is 0 Å². The molecule has 1 aliphatic carbocycles. The minimum absolute atomic E-state index is 0.221. The summed E-state index contributed by atoms with van der Waals surface area (Å²) in [4.78, 5) is 14.9. The van der Waals surface area contributed by atoms with Gasteiger partial charge in [-0.3, -0.25) is 0 Å². The van der Waals surface area contributed by atoms with Crippen LogP contribution < -0.4 is 0 Å². The third-order valence-corrected chi connectivity index (χ3v) is 10.7. The molecule has 9 aromatic rings.